The lowest BCUT2D eigenvalue weighted by Gasteiger charge is -2.39. The second kappa shape index (κ2) is 11.1. The molecule has 1 aromatic carbocycles. The molecule has 2 aliphatic heterocycles. The van der Waals surface area contributed by atoms with Crippen molar-refractivity contribution in [2.45, 2.75) is 77.0 Å². The van der Waals surface area contributed by atoms with Crippen LogP contribution < -0.4 is 10.7 Å². The number of hydrogen-bond acceptors (Lipinski definition) is 8. The molecule has 216 valence electrons. The Bertz CT molecular complexity index is 1460. The Morgan fingerprint density at radius 1 is 1.32 bits per heavy atom. The summed E-state index contributed by atoms with van der Waals surface area (Å²) < 4.78 is 37.0. The van der Waals surface area contributed by atoms with E-state index in [1.165, 1.54) is 6.92 Å². The molecule has 2 saturated heterocycles. The van der Waals surface area contributed by atoms with Crippen LogP contribution in [0.5, 0.6) is 0 Å². The highest BCUT2D eigenvalue weighted by atomic mass is 19.1. The van der Waals surface area contributed by atoms with Crippen LogP contribution in [-0.2, 0) is 11.3 Å². The van der Waals surface area contributed by atoms with Crippen LogP contribution in [0.1, 0.15) is 50.9 Å². The summed E-state index contributed by atoms with van der Waals surface area (Å²) >= 11 is 0. The van der Waals surface area contributed by atoms with E-state index < -0.39 is 23.7 Å². The molecule has 0 unspecified atom stereocenters. The average Bonchev–Trinajstić information content (AvgIpc) is 2.91. The number of aromatic nitrogens is 3. The van der Waals surface area contributed by atoms with Crippen molar-refractivity contribution in [3.63, 3.8) is 0 Å². The monoisotopic (exact) mass is 557 g/mol. The number of rotatable bonds is 6. The molecule has 9 nitrogen and oxygen atoms in total. The quantitative estimate of drug-likeness (QED) is 0.423. The number of aliphatic hydroxyl groups is 2. The van der Waals surface area contributed by atoms with Crippen molar-refractivity contribution in [2.75, 3.05) is 31.6 Å². The first kappa shape index (κ1) is 28.5. The summed E-state index contributed by atoms with van der Waals surface area (Å²) in [5, 5.41) is 24.1. The zero-order chi connectivity index (χ0) is 28.8. The second-order valence-corrected chi connectivity index (χ2v) is 11.5. The fourth-order valence-corrected chi connectivity index (χ4v) is 5.62. The van der Waals surface area contributed by atoms with Gasteiger partial charge in [-0.1, -0.05) is 6.07 Å². The highest BCUT2D eigenvalue weighted by Gasteiger charge is 2.38. The van der Waals surface area contributed by atoms with Crippen LogP contribution in [0.15, 0.2) is 29.2 Å². The maximum absolute atomic E-state index is 15.0. The highest BCUT2D eigenvalue weighted by molar-refractivity contribution is 5.85. The molecule has 0 saturated carbocycles. The van der Waals surface area contributed by atoms with Gasteiger partial charge < -0.3 is 24.8 Å². The fraction of sp³-hybridized carbons (Fsp3) is 0.552. The molecular weight excluding hydrogens is 520 g/mol. The summed E-state index contributed by atoms with van der Waals surface area (Å²) in [7, 11) is 0. The Morgan fingerprint density at radius 3 is 2.80 bits per heavy atom. The van der Waals surface area contributed by atoms with Gasteiger partial charge in [0.2, 0.25) is 5.95 Å². The topological polar surface area (TPSA) is 113 Å². The summed E-state index contributed by atoms with van der Waals surface area (Å²) in [6, 6.07) is 4.75. The van der Waals surface area contributed by atoms with Gasteiger partial charge in [0.1, 0.15) is 11.9 Å². The average molecular weight is 558 g/mol. The summed E-state index contributed by atoms with van der Waals surface area (Å²) in [6.45, 7) is 8.92. The van der Waals surface area contributed by atoms with Crippen molar-refractivity contribution in [1.29, 1.82) is 0 Å². The van der Waals surface area contributed by atoms with E-state index >= 15 is 4.39 Å². The minimum atomic E-state index is -1.39. The maximum atomic E-state index is 15.0. The first-order chi connectivity index (χ1) is 19.0. The van der Waals surface area contributed by atoms with Gasteiger partial charge in [-0.15, -0.1) is 0 Å². The highest BCUT2D eigenvalue weighted by Crippen LogP contribution is 2.30. The van der Waals surface area contributed by atoms with Gasteiger partial charge in [0.15, 0.2) is 11.2 Å². The molecular formula is C29H37F2N5O4. The lowest BCUT2D eigenvalue weighted by atomic mass is 9.91. The number of nitrogens with one attached hydrogen (secondary N) is 1. The van der Waals surface area contributed by atoms with E-state index in [2.05, 4.69) is 15.3 Å². The molecule has 4 atom stereocenters. The first-order valence-corrected chi connectivity index (χ1v) is 13.8. The van der Waals surface area contributed by atoms with Crippen molar-refractivity contribution in [3.8, 4) is 11.3 Å². The van der Waals surface area contributed by atoms with E-state index in [-0.39, 0.29) is 42.3 Å². The zero-order valence-electron chi connectivity index (χ0n) is 23.3. The van der Waals surface area contributed by atoms with Crippen LogP contribution in [0.25, 0.3) is 22.2 Å². The lowest BCUT2D eigenvalue weighted by molar-refractivity contribution is -0.0732. The smallest absolute Gasteiger partial charge is 0.223 e. The van der Waals surface area contributed by atoms with Gasteiger partial charge in [-0.25, -0.2) is 18.7 Å². The molecule has 3 aromatic rings. The third kappa shape index (κ3) is 5.47. The molecule has 3 N–H and O–H groups in total. The number of alkyl halides is 1. The Labute approximate surface area is 231 Å². The van der Waals surface area contributed by atoms with Crippen molar-refractivity contribution in [3.05, 3.63) is 51.7 Å². The van der Waals surface area contributed by atoms with Gasteiger partial charge in [0, 0.05) is 54.5 Å². The van der Waals surface area contributed by atoms with E-state index in [1.54, 1.807) is 25.1 Å². The summed E-state index contributed by atoms with van der Waals surface area (Å²) in [4.78, 5) is 23.9. The van der Waals surface area contributed by atoms with E-state index in [9.17, 15) is 19.4 Å². The normalized spacial score (nSPS) is 26.0. The number of nitrogens with zero attached hydrogens (tertiary/aromatic N) is 4. The Balaban J connectivity index is 1.55. The van der Waals surface area contributed by atoms with Gasteiger partial charge in [-0.3, -0.25) is 9.69 Å². The molecule has 0 amide bonds. The number of benzene rings is 1. The number of fused-ring (bicyclic) bond motifs is 1. The fourth-order valence-electron chi connectivity index (χ4n) is 5.62. The van der Waals surface area contributed by atoms with Gasteiger partial charge >= 0.3 is 0 Å². The van der Waals surface area contributed by atoms with E-state index in [4.69, 9.17) is 4.74 Å². The van der Waals surface area contributed by atoms with E-state index in [1.807, 2.05) is 23.3 Å². The molecule has 40 heavy (non-hydrogen) atoms. The second-order valence-electron chi connectivity index (χ2n) is 11.5. The number of ether oxygens (including phenoxy) is 1. The first-order valence-electron chi connectivity index (χ1n) is 13.8. The number of hydrogen-bond donors (Lipinski definition) is 3. The molecule has 2 aromatic heterocycles. The van der Waals surface area contributed by atoms with Crippen molar-refractivity contribution < 1.29 is 23.7 Å². The van der Waals surface area contributed by atoms with Gasteiger partial charge in [0.05, 0.1) is 36.1 Å². The zero-order valence-corrected chi connectivity index (χ0v) is 23.3. The Hall–Kier alpha value is -2.99. The number of likely N-dealkylation sites (tertiary alicyclic amines) is 1. The predicted molar refractivity (Wildman–Crippen MR) is 149 cm³/mol. The minimum Gasteiger partial charge on any atom is -0.389 e. The van der Waals surface area contributed by atoms with Crippen molar-refractivity contribution in [2.24, 2.45) is 0 Å². The largest absolute Gasteiger partial charge is 0.389 e. The molecule has 0 spiro atoms. The Morgan fingerprint density at radius 2 is 2.10 bits per heavy atom. The van der Waals surface area contributed by atoms with Gasteiger partial charge in [0.25, 0.3) is 0 Å². The molecule has 2 aliphatic rings. The van der Waals surface area contributed by atoms with Crippen LogP contribution in [0, 0.1) is 12.7 Å². The summed E-state index contributed by atoms with van der Waals surface area (Å²) in [5.41, 5.74) is 1.03. The molecule has 0 bridgehead atoms. The third-order valence-corrected chi connectivity index (χ3v) is 8.14. The molecule has 0 radical (unpaired) electrons. The maximum Gasteiger partial charge on any atom is 0.223 e. The molecule has 5 rings (SSSR count). The van der Waals surface area contributed by atoms with Crippen LogP contribution in [0.4, 0.5) is 14.7 Å². The number of anilines is 1. The van der Waals surface area contributed by atoms with E-state index in [0.29, 0.717) is 54.6 Å². The van der Waals surface area contributed by atoms with Crippen LogP contribution in [-0.4, -0.2) is 79.9 Å². The number of pyridine rings is 1. The SMILES string of the molecule is Cc1c(CN2CC[C@](C)(O)[C@H](F)C2)n(C(C)C)c2cc(-c3nc(N[C@@H]4CCOC[C@H]4O)ncc3F)ccc2c1=O. The Kier molecular flexibility index (Phi) is 7.93. The molecule has 4 heterocycles. The number of aliphatic hydroxyl groups excluding tert-OH is 1. The summed E-state index contributed by atoms with van der Waals surface area (Å²) in [5.74, 6) is -0.424. The minimum absolute atomic E-state index is 0.0522. The summed E-state index contributed by atoms with van der Waals surface area (Å²) in [6.07, 6.45) is -0.167. The van der Waals surface area contributed by atoms with E-state index in [0.717, 1.165) is 11.9 Å². The number of piperidine rings is 1. The lowest BCUT2D eigenvalue weighted by Crippen LogP contribution is -2.51. The van der Waals surface area contributed by atoms with Crippen molar-refractivity contribution in [1.82, 2.24) is 19.4 Å². The van der Waals surface area contributed by atoms with Crippen LogP contribution >= 0.6 is 0 Å². The van der Waals surface area contributed by atoms with Crippen molar-refractivity contribution >= 4 is 16.9 Å². The van der Waals surface area contributed by atoms with Crippen LogP contribution in [0.2, 0.25) is 0 Å². The van der Waals surface area contributed by atoms with Gasteiger partial charge in [-0.2, -0.15) is 0 Å². The molecule has 0 aliphatic carbocycles. The molecule has 2 fully saturated rings. The number of halogens is 2. The third-order valence-electron chi connectivity index (χ3n) is 8.14. The van der Waals surface area contributed by atoms with Gasteiger partial charge in [-0.05, 0) is 52.7 Å². The predicted octanol–water partition coefficient (Wildman–Crippen LogP) is 3.34. The standard InChI is InChI=1S/C29H37F2N5O4/c1-16(2)36-22-11-18(26-20(30)12-32-28(34-26)33-21-7-10-40-15-24(21)37)5-6-19(22)27(38)17(3)23(36)13-35-9-8-29(4,39)25(31)14-35/h5-6,11-12,16,21,24-25,37,39H,7-10,13-15H2,1-4H3,(H,32,33,34)/t21-,24-,25-,29+/m1/s1. The molecule has 11 heteroatoms. The van der Waals surface area contributed by atoms with Crippen LogP contribution in [0.3, 0.4) is 0 Å².